The third-order valence-electron chi connectivity index (χ3n) is 6.15. The normalized spacial score (nSPS) is 10.9. The van der Waals surface area contributed by atoms with Crippen molar-refractivity contribution in [1.82, 2.24) is 19.1 Å². The molecule has 0 atom stereocenters. The second-order valence-electron chi connectivity index (χ2n) is 8.73. The molecule has 0 saturated heterocycles. The lowest BCUT2D eigenvalue weighted by Crippen LogP contribution is -1.93. The van der Waals surface area contributed by atoms with Crippen molar-refractivity contribution in [3.05, 3.63) is 84.9 Å². The van der Waals surface area contributed by atoms with Gasteiger partial charge in [-0.1, -0.05) is 0 Å². The molecule has 0 unspecified atom stereocenters. The molecule has 2 heterocycles. The van der Waals surface area contributed by atoms with Gasteiger partial charge >= 0.3 is 0 Å². The molecule has 0 bridgehead atoms. The van der Waals surface area contributed by atoms with E-state index >= 15 is 0 Å². The average Bonchev–Trinajstić information content (AvgIpc) is 3.37. The molecule has 180 valence electrons. The number of imidazole rings is 2. The van der Waals surface area contributed by atoms with E-state index in [1.807, 2.05) is 104 Å². The van der Waals surface area contributed by atoms with Gasteiger partial charge in [-0.05, 0) is 84.9 Å². The predicted octanol–water partition coefficient (Wildman–Crippen LogP) is 4.81. The van der Waals surface area contributed by atoms with Crippen LogP contribution in [0.25, 0.3) is 44.8 Å². The van der Waals surface area contributed by atoms with Gasteiger partial charge in [-0.2, -0.15) is 0 Å². The zero-order valence-electron chi connectivity index (χ0n) is 20.2. The fraction of sp³-hybridized carbons (Fsp3) is 0.0714. The molecule has 2 aromatic heterocycles. The van der Waals surface area contributed by atoms with Gasteiger partial charge in [0.25, 0.3) is 0 Å². The summed E-state index contributed by atoms with van der Waals surface area (Å²) in [5.41, 5.74) is 32.0. The van der Waals surface area contributed by atoms with Crippen LogP contribution in [0.4, 0.5) is 22.7 Å². The van der Waals surface area contributed by atoms with Crippen LogP contribution in [-0.4, -0.2) is 19.1 Å². The summed E-state index contributed by atoms with van der Waals surface area (Å²) in [6, 6.07) is 26.9. The summed E-state index contributed by atoms with van der Waals surface area (Å²) in [5, 5.41) is 0. The van der Waals surface area contributed by atoms with Crippen LogP contribution < -0.4 is 22.9 Å². The third-order valence-corrected chi connectivity index (χ3v) is 6.15. The highest BCUT2D eigenvalue weighted by atomic mass is 15.1. The van der Waals surface area contributed by atoms with E-state index in [0.717, 1.165) is 67.6 Å². The van der Waals surface area contributed by atoms with Crippen molar-refractivity contribution in [2.24, 2.45) is 14.1 Å². The summed E-state index contributed by atoms with van der Waals surface area (Å²) in [6.45, 7) is 0. The summed E-state index contributed by atoms with van der Waals surface area (Å²) in [7, 11) is 3.98. The molecular weight excluding hydrogens is 448 g/mol. The first-order valence-electron chi connectivity index (χ1n) is 11.5. The van der Waals surface area contributed by atoms with E-state index < -0.39 is 0 Å². The molecule has 0 fully saturated rings. The lowest BCUT2D eigenvalue weighted by Gasteiger charge is -2.03. The summed E-state index contributed by atoms with van der Waals surface area (Å²) in [6.07, 6.45) is 0. The van der Waals surface area contributed by atoms with Gasteiger partial charge in [0.05, 0.1) is 22.1 Å². The number of fused-ring (bicyclic) bond motifs is 2. The van der Waals surface area contributed by atoms with Crippen molar-refractivity contribution in [2.45, 2.75) is 0 Å². The van der Waals surface area contributed by atoms with Crippen LogP contribution in [0.15, 0.2) is 84.9 Å². The Labute approximate surface area is 208 Å². The fourth-order valence-electron chi connectivity index (χ4n) is 4.20. The first kappa shape index (κ1) is 22.8. The highest BCUT2D eigenvalue weighted by Crippen LogP contribution is 2.26. The molecule has 6 aromatic rings. The Kier molecular flexibility index (Phi) is 5.69. The quantitative estimate of drug-likeness (QED) is 0.264. The van der Waals surface area contributed by atoms with Crippen LogP contribution in [0.2, 0.25) is 0 Å². The summed E-state index contributed by atoms with van der Waals surface area (Å²) >= 11 is 0. The largest absolute Gasteiger partial charge is 0.399 e. The first-order valence-corrected chi connectivity index (χ1v) is 11.5. The standard InChI is InChI=1S/2C14H14N4/c1-18-13-7-6-11(16)8-12(13)17-14(18)9-2-4-10(15)5-3-9;1-18-13-8-11(16)6-7-12(13)17-14(18)9-2-4-10(15)5-3-9/h2*2-8H,15-16H2,1H3. The van der Waals surface area contributed by atoms with Gasteiger partial charge in [0.2, 0.25) is 0 Å². The first-order chi connectivity index (χ1) is 17.3. The summed E-state index contributed by atoms with van der Waals surface area (Å²) in [5.74, 6) is 1.83. The summed E-state index contributed by atoms with van der Waals surface area (Å²) in [4.78, 5) is 9.24. The molecule has 36 heavy (non-hydrogen) atoms. The van der Waals surface area contributed by atoms with Crippen molar-refractivity contribution in [3.63, 3.8) is 0 Å². The molecule has 0 aliphatic rings. The van der Waals surface area contributed by atoms with Crippen molar-refractivity contribution in [3.8, 4) is 22.8 Å². The maximum absolute atomic E-state index is 5.80. The number of hydrogen-bond donors (Lipinski definition) is 4. The smallest absolute Gasteiger partial charge is 0.140 e. The number of hydrogen-bond acceptors (Lipinski definition) is 6. The van der Waals surface area contributed by atoms with Gasteiger partial charge in [0.1, 0.15) is 11.6 Å². The van der Waals surface area contributed by atoms with E-state index in [9.17, 15) is 0 Å². The molecule has 0 amide bonds. The number of nitrogen functional groups attached to an aromatic ring is 4. The molecule has 8 heteroatoms. The molecule has 0 spiro atoms. The topological polar surface area (TPSA) is 140 Å². The van der Waals surface area contributed by atoms with Crippen LogP contribution >= 0.6 is 0 Å². The van der Waals surface area contributed by atoms with Gasteiger partial charge in [0.15, 0.2) is 0 Å². The second kappa shape index (κ2) is 8.99. The van der Waals surface area contributed by atoms with E-state index in [2.05, 4.69) is 14.5 Å². The van der Waals surface area contributed by atoms with Crippen LogP contribution in [0, 0.1) is 0 Å². The Morgan fingerprint density at radius 1 is 0.472 bits per heavy atom. The van der Waals surface area contributed by atoms with E-state index in [1.54, 1.807) is 0 Å². The van der Waals surface area contributed by atoms with Crippen molar-refractivity contribution >= 4 is 44.8 Å². The lowest BCUT2D eigenvalue weighted by atomic mass is 10.2. The molecule has 4 aromatic carbocycles. The molecule has 6 rings (SSSR count). The number of aromatic nitrogens is 4. The maximum Gasteiger partial charge on any atom is 0.140 e. The van der Waals surface area contributed by atoms with Gasteiger partial charge in [-0.3, -0.25) is 0 Å². The Hall–Kier alpha value is -4.98. The molecule has 0 saturated carbocycles. The maximum atomic E-state index is 5.80. The van der Waals surface area contributed by atoms with Crippen molar-refractivity contribution in [2.75, 3.05) is 22.9 Å². The van der Waals surface area contributed by atoms with Gasteiger partial charge < -0.3 is 32.1 Å². The van der Waals surface area contributed by atoms with E-state index in [1.165, 1.54) is 0 Å². The minimum absolute atomic E-state index is 0.726. The zero-order chi connectivity index (χ0) is 25.4. The SMILES string of the molecule is Cn1c(-c2ccc(N)cc2)nc2cc(N)ccc21.Cn1c(-c2ccc(N)cc2)nc2ccc(N)cc21. The average molecular weight is 477 g/mol. The number of anilines is 4. The monoisotopic (exact) mass is 476 g/mol. The number of aryl methyl sites for hydroxylation is 2. The number of rotatable bonds is 2. The van der Waals surface area contributed by atoms with Crippen LogP contribution in [-0.2, 0) is 14.1 Å². The van der Waals surface area contributed by atoms with Crippen molar-refractivity contribution < 1.29 is 0 Å². The minimum atomic E-state index is 0.726. The molecule has 0 aliphatic carbocycles. The predicted molar refractivity (Wildman–Crippen MR) is 150 cm³/mol. The molecule has 0 radical (unpaired) electrons. The van der Waals surface area contributed by atoms with Crippen LogP contribution in [0.1, 0.15) is 0 Å². The Balaban J connectivity index is 0.000000148. The zero-order valence-corrected chi connectivity index (χ0v) is 20.2. The Morgan fingerprint density at radius 2 is 0.917 bits per heavy atom. The van der Waals surface area contributed by atoms with Crippen LogP contribution in [0.5, 0.6) is 0 Å². The highest BCUT2D eigenvalue weighted by Gasteiger charge is 2.10. The van der Waals surface area contributed by atoms with Crippen molar-refractivity contribution in [1.29, 1.82) is 0 Å². The molecule has 8 N–H and O–H groups in total. The van der Waals surface area contributed by atoms with Gasteiger partial charge in [-0.25, -0.2) is 9.97 Å². The molecule has 8 nitrogen and oxygen atoms in total. The number of benzene rings is 4. The fourth-order valence-corrected chi connectivity index (χ4v) is 4.20. The summed E-state index contributed by atoms with van der Waals surface area (Å²) < 4.78 is 4.09. The lowest BCUT2D eigenvalue weighted by molar-refractivity contribution is 0.959. The van der Waals surface area contributed by atoms with Gasteiger partial charge in [-0.15, -0.1) is 0 Å². The van der Waals surface area contributed by atoms with E-state index in [-0.39, 0.29) is 0 Å². The van der Waals surface area contributed by atoms with E-state index in [0.29, 0.717) is 0 Å². The van der Waals surface area contributed by atoms with Crippen LogP contribution in [0.3, 0.4) is 0 Å². The molecular formula is C28H28N8. The molecule has 0 aliphatic heterocycles. The number of nitrogens with zero attached hydrogens (tertiary/aromatic N) is 4. The van der Waals surface area contributed by atoms with Gasteiger partial charge in [0, 0.05) is 48.0 Å². The Morgan fingerprint density at radius 3 is 1.50 bits per heavy atom. The third kappa shape index (κ3) is 4.27. The van der Waals surface area contributed by atoms with E-state index in [4.69, 9.17) is 22.9 Å². The number of nitrogens with two attached hydrogens (primary N) is 4. The minimum Gasteiger partial charge on any atom is -0.399 e. The second-order valence-corrected chi connectivity index (χ2v) is 8.73. The highest BCUT2D eigenvalue weighted by molar-refractivity contribution is 5.84. The Bertz CT molecular complexity index is 1630.